The number of carbonyl (C=O) groups is 1. The number of nitrogens with zero attached hydrogens (tertiary/aromatic N) is 1. The monoisotopic (exact) mass is 225 g/mol. The number of thiol groups is 1. The minimum Gasteiger partial charge on any atom is -0.312 e. The molecule has 0 spiro atoms. The second-order valence-corrected chi connectivity index (χ2v) is 4.52. The largest absolute Gasteiger partial charge is 0.312 e. The zero-order valence-corrected chi connectivity index (χ0v) is 9.16. The normalized spacial score (nSPS) is 14.4. The number of anilines is 1. The Hall–Kier alpha value is -1.36. The smallest absolute Gasteiger partial charge is 0.223 e. The molecular formula is C10H11NO3S. The summed E-state index contributed by atoms with van der Waals surface area (Å²) >= 11 is 0. The Balaban J connectivity index is 2.46. The fraction of sp³-hybridized carbons (Fsp3) is 0.300. The van der Waals surface area contributed by atoms with Crippen LogP contribution in [0.3, 0.4) is 0 Å². The first-order chi connectivity index (χ1) is 7.09. The molecule has 1 aromatic rings. The number of amides is 1. The summed E-state index contributed by atoms with van der Waals surface area (Å²) in [6.45, 7) is 2.15. The summed E-state index contributed by atoms with van der Waals surface area (Å²) in [5, 5.41) is 0. The van der Waals surface area contributed by atoms with Gasteiger partial charge in [-0.1, -0.05) is 0 Å². The van der Waals surface area contributed by atoms with E-state index in [1.54, 1.807) is 17.0 Å². The lowest BCUT2D eigenvalue weighted by Gasteiger charge is -2.14. The summed E-state index contributed by atoms with van der Waals surface area (Å²) in [5.74, 6) is -0.00647. The van der Waals surface area contributed by atoms with E-state index >= 15 is 0 Å². The number of hydrogen-bond donors (Lipinski definition) is 1. The number of hydrogen-bond acceptors (Lipinski definition) is 3. The third kappa shape index (κ3) is 1.74. The SMILES string of the molecule is CC(=O)N1CCc2cc([SH](=O)=O)ccc21. The van der Waals surface area contributed by atoms with Gasteiger partial charge in [-0.3, -0.25) is 4.79 Å². The molecule has 0 unspecified atom stereocenters. The third-order valence-electron chi connectivity index (χ3n) is 2.55. The Morgan fingerprint density at radius 1 is 1.40 bits per heavy atom. The van der Waals surface area contributed by atoms with Crippen LogP contribution in [0.4, 0.5) is 5.69 Å². The van der Waals surface area contributed by atoms with E-state index < -0.39 is 10.7 Å². The predicted molar refractivity (Wildman–Crippen MR) is 56.8 cm³/mol. The van der Waals surface area contributed by atoms with E-state index in [4.69, 9.17) is 0 Å². The van der Waals surface area contributed by atoms with Crippen molar-refractivity contribution in [1.82, 2.24) is 0 Å². The van der Waals surface area contributed by atoms with Crippen LogP contribution < -0.4 is 4.90 Å². The molecule has 1 amide bonds. The molecule has 4 nitrogen and oxygen atoms in total. The van der Waals surface area contributed by atoms with Gasteiger partial charge in [-0.2, -0.15) is 0 Å². The average Bonchev–Trinajstić information content (AvgIpc) is 2.59. The first kappa shape index (κ1) is 10.2. The summed E-state index contributed by atoms with van der Waals surface area (Å²) in [7, 11) is -2.54. The molecule has 0 fully saturated rings. The maximum absolute atomic E-state index is 11.2. The summed E-state index contributed by atoms with van der Waals surface area (Å²) in [6.07, 6.45) is 0.728. The van der Waals surface area contributed by atoms with Crippen molar-refractivity contribution in [1.29, 1.82) is 0 Å². The summed E-state index contributed by atoms with van der Waals surface area (Å²) in [6, 6.07) is 4.87. The second-order valence-electron chi connectivity index (χ2n) is 3.49. The molecule has 15 heavy (non-hydrogen) atoms. The molecule has 1 aromatic carbocycles. The number of benzene rings is 1. The van der Waals surface area contributed by atoms with Crippen LogP contribution >= 0.6 is 0 Å². The van der Waals surface area contributed by atoms with E-state index in [0.717, 1.165) is 17.7 Å². The van der Waals surface area contributed by atoms with Crippen LogP contribution in [-0.4, -0.2) is 20.9 Å². The molecule has 0 bridgehead atoms. The van der Waals surface area contributed by atoms with Crippen LogP contribution in [0.1, 0.15) is 12.5 Å². The molecule has 80 valence electrons. The zero-order chi connectivity index (χ0) is 11.0. The fourth-order valence-corrected chi connectivity index (χ4v) is 2.29. The zero-order valence-electron chi connectivity index (χ0n) is 8.27. The molecule has 0 atom stereocenters. The van der Waals surface area contributed by atoms with Crippen LogP contribution in [0.25, 0.3) is 0 Å². The van der Waals surface area contributed by atoms with Gasteiger partial charge in [-0.25, -0.2) is 8.42 Å². The van der Waals surface area contributed by atoms with Gasteiger partial charge in [0.15, 0.2) is 10.7 Å². The molecule has 5 heteroatoms. The summed E-state index contributed by atoms with van der Waals surface area (Å²) in [5.41, 5.74) is 1.77. The molecule has 0 aromatic heterocycles. The molecule has 1 aliphatic heterocycles. The van der Waals surface area contributed by atoms with Gasteiger partial charge in [0, 0.05) is 19.2 Å². The van der Waals surface area contributed by atoms with Crippen molar-refractivity contribution in [2.24, 2.45) is 0 Å². The van der Waals surface area contributed by atoms with E-state index in [-0.39, 0.29) is 5.91 Å². The summed E-state index contributed by atoms with van der Waals surface area (Å²) in [4.78, 5) is 13.2. The van der Waals surface area contributed by atoms with E-state index in [2.05, 4.69) is 0 Å². The Morgan fingerprint density at radius 2 is 2.13 bits per heavy atom. The maximum Gasteiger partial charge on any atom is 0.223 e. The Kier molecular flexibility index (Phi) is 2.48. The van der Waals surface area contributed by atoms with Crippen molar-refractivity contribution in [3.8, 4) is 0 Å². The third-order valence-corrected chi connectivity index (χ3v) is 3.25. The van der Waals surface area contributed by atoms with Gasteiger partial charge in [-0.15, -0.1) is 0 Å². The van der Waals surface area contributed by atoms with Gasteiger partial charge in [0.25, 0.3) is 0 Å². The van der Waals surface area contributed by atoms with Gasteiger partial charge in [0.1, 0.15) is 0 Å². The van der Waals surface area contributed by atoms with Gasteiger partial charge in [-0.05, 0) is 30.2 Å². The standard InChI is InChI=1S/C10H11NO3S/c1-7(12)11-5-4-8-6-9(15(13)14)2-3-10(8)11/h2-3,6,15H,4-5H2,1H3. The van der Waals surface area contributed by atoms with E-state index in [1.807, 2.05) is 0 Å². The topological polar surface area (TPSA) is 54.5 Å². The van der Waals surface area contributed by atoms with E-state index in [0.29, 0.717) is 11.4 Å². The molecule has 2 rings (SSSR count). The highest BCUT2D eigenvalue weighted by Gasteiger charge is 2.22. The van der Waals surface area contributed by atoms with E-state index in [1.165, 1.54) is 13.0 Å². The van der Waals surface area contributed by atoms with Crippen molar-refractivity contribution in [2.75, 3.05) is 11.4 Å². The van der Waals surface area contributed by atoms with Crippen molar-refractivity contribution in [3.05, 3.63) is 23.8 Å². The Morgan fingerprint density at radius 3 is 2.73 bits per heavy atom. The molecule has 0 saturated heterocycles. The average molecular weight is 225 g/mol. The molecule has 0 aliphatic carbocycles. The number of rotatable bonds is 1. The highest BCUT2D eigenvalue weighted by atomic mass is 32.2. The molecule has 1 heterocycles. The van der Waals surface area contributed by atoms with Crippen molar-refractivity contribution in [2.45, 2.75) is 18.2 Å². The predicted octanol–water partition coefficient (Wildman–Crippen LogP) is 0.566. The second kappa shape index (κ2) is 3.66. The quantitative estimate of drug-likeness (QED) is 0.711. The number of carbonyl (C=O) groups excluding carboxylic acids is 1. The van der Waals surface area contributed by atoms with Gasteiger partial charge in [0.2, 0.25) is 5.91 Å². The molecule has 0 N–H and O–H groups in total. The van der Waals surface area contributed by atoms with E-state index in [9.17, 15) is 13.2 Å². The van der Waals surface area contributed by atoms with Gasteiger partial charge >= 0.3 is 0 Å². The van der Waals surface area contributed by atoms with Crippen molar-refractivity contribution < 1.29 is 13.2 Å². The molecule has 1 aliphatic rings. The van der Waals surface area contributed by atoms with Gasteiger partial charge < -0.3 is 4.90 Å². The van der Waals surface area contributed by atoms with Crippen molar-refractivity contribution >= 4 is 22.3 Å². The minimum atomic E-state index is -2.54. The lowest BCUT2D eigenvalue weighted by atomic mass is 10.2. The molecule has 0 saturated carbocycles. The van der Waals surface area contributed by atoms with Crippen LogP contribution in [0, 0.1) is 0 Å². The molecular weight excluding hydrogens is 214 g/mol. The Bertz CT molecular complexity index is 485. The first-order valence-corrected chi connectivity index (χ1v) is 5.83. The minimum absolute atomic E-state index is 0.00647. The highest BCUT2D eigenvalue weighted by Crippen LogP contribution is 2.29. The summed E-state index contributed by atoms with van der Waals surface area (Å²) < 4.78 is 21.5. The highest BCUT2D eigenvalue weighted by molar-refractivity contribution is 7.72. The lowest BCUT2D eigenvalue weighted by Crippen LogP contribution is -2.25. The van der Waals surface area contributed by atoms with Crippen molar-refractivity contribution in [3.63, 3.8) is 0 Å². The number of fused-ring (bicyclic) bond motifs is 1. The fourth-order valence-electron chi connectivity index (χ4n) is 1.83. The lowest BCUT2D eigenvalue weighted by molar-refractivity contribution is -0.116. The van der Waals surface area contributed by atoms with Crippen LogP contribution in [0.5, 0.6) is 0 Å². The van der Waals surface area contributed by atoms with Crippen LogP contribution in [-0.2, 0) is 21.9 Å². The van der Waals surface area contributed by atoms with Crippen LogP contribution in [0.2, 0.25) is 0 Å². The Labute approximate surface area is 89.5 Å². The molecule has 0 radical (unpaired) electrons. The first-order valence-electron chi connectivity index (χ1n) is 4.65. The maximum atomic E-state index is 11.2. The van der Waals surface area contributed by atoms with Gasteiger partial charge in [0.05, 0.1) is 4.90 Å². The van der Waals surface area contributed by atoms with Crippen LogP contribution in [0.15, 0.2) is 23.1 Å².